The number of benzene rings is 3. The number of nitrogens with one attached hydrogen (secondary N) is 1. The number of halogens is 5. The van der Waals surface area contributed by atoms with Crippen LogP contribution in [-0.2, 0) is 27.5 Å². The molecule has 1 aliphatic heterocycles. The van der Waals surface area contributed by atoms with E-state index < -0.39 is 44.1 Å². The average Bonchev–Trinajstić information content (AvgIpc) is 2.76. The van der Waals surface area contributed by atoms with Gasteiger partial charge in [-0.25, -0.2) is 17.6 Å². The Morgan fingerprint density at radius 2 is 1.79 bits per heavy atom. The molecular formula is C22H14ClF4NO5S. The molecule has 0 amide bonds. The van der Waals surface area contributed by atoms with Crippen LogP contribution >= 0.6 is 11.6 Å². The van der Waals surface area contributed by atoms with Crippen LogP contribution in [0.25, 0.3) is 11.1 Å². The molecule has 0 radical (unpaired) electrons. The quantitative estimate of drug-likeness (QED) is 0.335. The standard InChI is InChI=1S/C22H14ClF4NO5S/c1-32-20-17(23)6-13-8-19(20)34(30,31)28-18-7-11(3-5-16(18)22(25,26)27)15-9-14(24)4-2-12(15)10-33-21(13)29/h2-9,28H,10H2,1H3. The zero-order valence-corrected chi connectivity index (χ0v) is 18.7. The van der Waals surface area contributed by atoms with E-state index in [1.807, 2.05) is 4.72 Å². The lowest BCUT2D eigenvalue weighted by atomic mass is 9.97. The number of alkyl halides is 3. The highest BCUT2D eigenvalue weighted by Crippen LogP contribution is 2.41. The molecule has 0 unspecified atom stereocenters. The summed E-state index contributed by atoms with van der Waals surface area (Å²) >= 11 is 6.09. The Kier molecular flexibility index (Phi) is 5.94. The van der Waals surface area contributed by atoms with Gasteiger partial charge in [0.1, 0.15) is 17.3 Å². The van der Waals surface area contributed by atoms with Gasteiger partial charge in [0.15, 0.2) is 5.75 Å². The fraction of sp³-hybridized carbons (Fsp3) is 0.136. The van der Waals surface area contributed by atoms with Gasteiger partial charge >= 0.3 is 12.1 Å². The summed E-state index contributed by atoms with van der Waals surface area (Å²) in [5.74, 6) is -2.03. The molecule has 0 spiro atoms. The maximum absolute atomic E-state index is 14.0. The third-order valence-corrected chi connectivity index (χ3v) is 6.70. The topological polar surface area (TPSA) is 81.7 Å². The highest BCUT2D eigenvalue weighted by Gasteiger charge is 2.36. The summed E-state index contributed by atoms with van der Waals surface area (Å²) in [6, 6.07) is 8.11. The van der Waals surface area contributed by atoms with E-state index in [9.17, 15) is 30.8 Å². The number of methoxy groups -OCH3 is 1. The molecule has 1 heterocycles. The van der Waals surface area contributed by atoms with Gasteiger partial charge < -0.3 is 9.47 Å². The van der Waals surface area contributed by atoms with Crippen molar-refractivity contribution in [2.45, 2.75) is 17.7 Å². The first-order chi connectivity index (χ1) is 15.9. The molecule has 0 fully saturated rings. The molecule has 0 saturated heterocycles. The van der Waals surface area contributed by atoms with Crippen LogP contribution in [0.1, 0.15) is 21.5 Å². The minimum Gasteiger partial charge on any atom is -0.494 e. The number of anilines is 1. The lowest BCUT2D eigenvalue weighted by Gasteiger charge is -2.18. The minimum absolute atomic E-state index is 0.0622. The third kappa shape index (κ3) is 4.40. The molecule has 4 rings (SSSR count). The van der Waals surface area contributed by atoms with Gasteiger partial charge in [-0.15, -0.1) is 0 Å². The Labute approximate surface area is 196 Å². The molecule has 34 heavy (non-hydrogen) atoms. The van der Waals surface area contributed by atoms with Crippen molar-refractivity contribution in [2.75, 3.05) is 11.8 Å². The Bertz CT molecular complexity index is 1420. The van der Waals surface area contributed by atoms with Crippen molar-refractivity contribution in [2.24, 2.45) is 0 Å². The van der Waals surface area contributed by atoms with Gasteiger partial charge in [0, 0.05) is 0 Å². The summed E-state index contributed by atoms with van der Waals surface area (Å²) in [4.78, 5) is 12.0. The summed E-state index contributed by atoms with van der Waals surface area (Å²) in [5.41, 5.74) is -1.91. The van der Waals surface area contributed by atoms with E-state index in [1.165, 1.54) is 6.07 Å². The molecule has 3 aromatic carbocycles. The van der Waals surface area contributed by atoms with Crippen LogP contribution in [0, 0.1) is 5.82 Å². The normalized spacial score (nSPS) is 15.1. The largest absolute Gasteiger partial charge is 0.494 e. The molecule has 1 aliphatic rings. The second-order valence-corrected chi connectivity index (χ2v) is 9.29. The Balaban J connectivity index is 2.04. The van der Waals surface area contributed by atoms with Crippen molar-refractivity contribution < 1.29 is 40.2 Å². The number of hydrogen-bond acceptors (Lipinski definition) is 5. The van der Waals surface area contributed by atoms with Gasteiger partial charge in [0.25, 0.3) is 10.0 Å². The van der Waals surface area contributed by atoms with E-state index in [1.54, 1.807) is 0 Å². The van der Waals surface area contributed by atoms with E-state index in [0.29, 0.717) is 6.07 Å². The molecule has 4 bridgehead atoms. The van der Waals surface area contributed by atoms with E-state index in [4.69, 9.17) is 21.1 Å². The van der Waals surface area contributed by atoms with Crippen molar-refractivity contribution in [1.29, 1.82) is 0 Å². The number of fused-ring (bicyclic) bond motifs is 6. The summed E-state index contributed by atoms with van der Waals surface area (Å²) in [7, 11) is -3.65. The zero-order chi connectivity index (χ0) is 24.8. The predicted octanol–water partition coefficient (Wildman–Crippen LogP) is 5.64. The van der Waals surface area contributed by atoms with Crippen LogP contribution in [-0.4, -0.2) is 21.5 Å². The molecule has 3 aromatic rings. The monoisotopic (exact) mass is 515 g/mol. The number of esters is 1. The molecule has 0 aliphatic carbocycles. The van der Waals surface area contributed by atoms with Gasteiger partial charge in [-0.05, 0) is 53.1 Å². The Morgan fingerprint density at radius 3 is 2.47 bits per heavy atom. The zero-order valence-electron chi connectivity index (χ0n) is 17.2. The molecule has 178 valence electrons. The van der Waals surface area contributed by atoms with Gasteiger partial charge in [0.05, 0.1) is 28.9 Å². The van der Waals surface area contributed by atoms with Gasteiger partial charge in [-0.2, -0.15) is 13.2 Å². The molecular weight excluding hydrogens is 502 g/mol. The molecule has 0 saturated carbocycles. The van der Waals surface area contributed by atoms with E-state index in [0.717, 1.165) is 43.5 Å². The van der Waals surface area contributed by atoms with Crippen molar-refractivity contribution in [3.05, 3.63) is 76.1 Å². The first-order valence-electron chi connectivity index (χ1n) is 9.48. The van der Waals surface area contributed by atoms with Crippen LogP contribution in [0.5, 0.6) is 5.75 Å². The minimum atomic E-state index is -4.92. The van der Waals surface area contributed by atoms with Crippen LogP contribution in [0.4, 0.5) is 23.2 Å². The second-order valence-electron chi connectivity index (χ2n) is 7.23. The number of sulfonamides is 1. The van der Waals surface area contributed by atoms with Gasteiger partial charge in [-0.1, -0.05) is 23.7 Å². The number of carbonyl (C=O) groups is 1. The number of hydrogen-bond donors (Lipinski definition) is 1. The first kappa shape index (κ1) is 23.8. The Hall–Kier alpha value is -3.31. The van der Waals surface area contributed by atoms with Crippen LogP contribution in [0.3, 0.4) is 0 Å². The summed E-state index contributed by atoms with van der Waals surface area (Å²) in [6.45, 7) is -0.371. The number of ether oxygens (including phenoxy) is 2. The van der Waals surface area contributed by atoms with Gasteiger partial charge in [-0.3, -0.25) is 4.72 Å². The second kappa shape index (κ2) is 8.48. The maximum atomic E-state index is 14.0. The van der Waals surface area contributed by atoms with Crippen molar-refractivity contribution in [1.82, 2.24) is 0 Å². The summed E-state index contributed by atoms with van der Waals surface area (Å²) < 4.78 is 93.6. The van der Waals surface area contributed by atoms with Crippen LogP contribution in [0.15, 0.2) is 53.4 Å². The average molecular weight is 516 g/mol. The number of rotatable bonds is 1. The fourth-order valence-corrected chi connectivity index (χ4v) is 5.14. The number of cyclic esters (lactones) is 1. The third-order valence-electron chi connectivity index (χ3n) is 5.05. The van der Waals surface area contributed by atoms with Crippen LogP contribution < -0.4 is 9.46 Å². The van der Waals surface area contributed by atoms with E-state index in [2.05, 4.69) is 0 Å². The lowest BCUT2D eigenvalue weighted by Crippen LogP contribution is -2.18. The molecule has 6 nitrogen and oxygen atoms in total. The molecule has 0 aromatic heterocycles. The van der Waals surface area contributed by atoms with E-state index >= 15 is 0 Å². The number of carbonyl (C=O) groups excluding carboxylic acids is 1. The fourth-order valence-electron chi connectivity index (χ4n) is 3.50. The van der Waals surface area contributed by atoms with Crippen molar-refractivity contribution >= 4 is 33.3 Å². The van der Waals surface area contributed by atoms with Crippen molar-refractivity contribution in [3.8, 4) is 16.9 Å². The summed E-state index contributed by atoms with van der Waals surface area (Å²) in [6.07, 6.45) is -4.92. The first-order valence-corrected chi connectivity index (χ1v) is 11.3. The predicted molar refractivity (Wildman–Crippen MR) is 115 cm³/mol. The highest BCUT2D eigenvalue weighted by molar-refractivity contribution is 7.92. The van der Waals surface area contributed by atoms with Crippen molar-refractivity contribution in [3.63, 3.8) is 0 Å². The Morgan fingerprint density at radius 1 is 1.06 bits per heavy atom. The van der Waals surface area contributed by atoms with Gasteiger partial charge in [0.2, 0.25) is 0 Å². The SMILES string of the molecule is COc1c(Cl)cc2cc1S(=O)(=O)Nc1cc(ccc1C(F)(F)F)-c1cc(F)ccc1COC2=O. The maximum Gasteiger partial charge on any atom is 0.418 e. The molecule has 1 N–H and O–H groups in total. The lowest BCUT2D eigenvalue weighted by molar-refractivity contribution is -0.136. The smallest absolute Gasteiger partial charge is 0.418 e. The van der Waals surface area contributed by atoms with E-state index in [-0.39, 0.29) is 39.6 Å². The molecule has 0 atom stereocenters. The molecule has 12 heteroatoms. The summed E-state index contributed by atoms with van der Waals surface area (Å²) in [5, 5.41) is -0.278. The highest BCUT2D eigenvalue weighted by atomic mass is 35.5. The van der Waals surface area contributed by atoms with Crippen LogP contribution in [0.2, 0.25) is 5.02 Å².